The van der Waals surface area contributed by atoms with Crippen LogP contribution in [0.4, 0.5) is 0 Å². The first-order chi connectivity index (χ1) is 11.3. The number of aromatic hydroxyl groups is 2. The van der Waals surface area contributed by atoms with E-state index in [1.165, 1.54) is 24.3 Å². The van der Waals surface area contributed by atoms with Crippen LogP contribution in [0.15, 0.2) is 24.3 Å². The largest absolute Gasteiger partial charge is 0.504 e. The number of hydrogen-bond donors (Lipinski definition) is 6. The minimum Gasteiger partial charge on any atom is -0.504 e. The molecule has 0 amide bonds. The fraction of sp³-hybridized carbons (Fsp3) is 0.400. The van der Waals surface area contributed by atoms with E-state index in [1.54, 1.807) is 0 Å². The van der Waals surface area contributed by atoms with Crippen LogP contribution in [-0.4, -0.2) is 73.9 Å². The lowest BCUT2D eigenvalue weighted by Crippen LogP contribution is -2.59. The van der Waals surface area contributed by atoms with Crippen LogP contribution in [0.25, 0.3) is 6.08 Å². The lowest BCUT2D eigenvalue weighted by molar-refractivity contribution is -0.289. The highest BCUT2D eigenvalue weighted by Crippen LogP contribution is 2.26. The van der Waals surface area contributed by atoms with Gasteiger partial charge in [-0.15, -0.1) is 0 Å². The standard InChI is InChI=1S/C15H18O9/c16-6-10-12(20)14(13(21)15(22)23-10)24-11(19)4-2-7-1-3-8(17)9(18)5-7/h1-5,10,12-18,20-22H,6H2. The summed E-state index contributed by atoms with van der Waals surface area (Å²) in [6.45, 7) is -0.637. The Balaban J connectivity index is 2.04. The van der Waals surface area contributed by atoms with E-state index in [4.69, 9.17) is 14.6 Å². The molecule has 6 N–H and O–H groups in total. The summed E-state index contributed by atoms with van der Waals surface area (Å²) in [6.07, 6.45) is -5.38. The van der Waals surface area contributed by atoms with Crippen molar-refractivity contribution in [2.45, 2.75) is 30.7 Å². The van der Waals surface area contributed by atoms with Crippen molar-refractivity contribution in [2.24, 2.45) is 0 Å². The summed E-state index contributed by atoms with van der Waals surface area (Å²) >= 11 is 0. The first kappa shape index (κ1) is 18.2. The van der Waals surface area contributed by atoms with Crippen molar-refractivity contribution in [3.63, 3.8) is 0 Å². The van der Waals surface area contributed by atoms with Gasteiger partial charge >= 0.3 is 5.97 Å². The molecule has 0 aromatic heterocycles. The highest BCUT2D eigenvalue weighted by Gasteiger charge is 2.45. The molecule has 1 aliphatic rings. The molecular formula is C15H18O9. The van der Waals surface area contributed by atoms with Crippen molar-refractivity contribution in [3.05, 3.63) is 29.8 Å². The number of carbonyl (C=O) groups is 1. The highest BCUT2D eigenvalue weighted by atomic mass is 16.7. The first-order valence-corrected chi connectivity index (χ1v) is 7.04. The summed E-state index contributed by atoms with van der Waals surface area (Å²) in [4.78, 5) is 11.8. The second-order valence-corrected chi connectivity index (χ2v) is 5.21. The smallest absolute Gasteiger partial charge is 0.331 e. The molecule has 1 heterocycles. The molecule has 9 nitrogen and oxygen atoms in total. The second-order valence-electron chi connectivity index (χ2n) is 5.21. The molecule has 24 heavy (non-hydrogen) atoms. The molecule has 9 heteroatoms. The van der Waals surface area contributed by atoms with Gasteiger partial charge in [0.05, 0.1) is 6.61 Å². The number of phenolic OH excluding ortho intramolecular Hbond substituents is 2. The molecule has 2 rings (SSSR count). The molecule has 1 aromatic carbocycles. The van der Waals surface area contributed by atoms with E-state index in [-0.39, 0.29) is 11.5 Å². The highest BCUT2D eigenvalue weighted by molar-refractivity contribution is 5.87. The van der Waals surface area contributed by atoms with Gasteiger partial charge in [0.2, 0.25) is 0 Å². The predicted molar refractivity (Wildman–Crippen MR) is 78.7 cm³/mol. The number of phenols is 2. The number of rotatable bonds is 4. The molecule has 0 aliphatic carbocycles. The Hall–Kier alpha value is -2.17. The van der Waals surface area contributed by atoms with Crippen LogP contribution in [0.3, 0.4) is 0 Å². The van der Waals surface area contributed by atoms with Gasteiger partial charge in [-0.3, -0.25) is 0 Å². The minimum absolute atomic E-state index is 0.313. The summed E-state index contributed by atoms with van der Waals surface area (Å²) < 4.78 is 9.68. The fourth-order valence-corrected chi connectivity index (χ4v) is 2.19. The molecule has 5 atom stereocenters. The van der Waals surface area contributed by atoms with Crippen LogP contribution >= 0.6 is 0 Å². The topological polar surface area (TPSA) is 157 Å². The van der Waals surface area contributed by atoms with Crippen LogP contribution in [-0.2, 0) is 14.3 Å². The Bertz CT molecular complexity index is 615. The zero-order valence-corrected chi connectivity index (χ0v) is 12.4. The van der Waals surface area contributed by atoms with Crippen molar-refractivity contribution >= 4 is 12.0 Å². The van der Waals surface area contributed by atoms with Crippen molar-refractivity contribution in [2.75, 3.05) is 6.61 Å². The Morgan fingerprint density at radius 2 is 1.88 bits per heavy atom. The molecule has 0 saturated carbocycles. The average molecular weight is 342 g/mol. The molecule has 0 radical (unpaired) electrons. The molecule has 1 aromatic rings. The summed E-state index contributed by atoms with van der Waals surface area (Å²) in [7, 11) is 0. The summed E-state index contributed by atoms with van der Waals surface area (Å²) in [5.41, 5.74) is 0.392. The normalized spacial score (nSPS) is 30.4. The molecule has 1 fully saturated rings. The van der Waals surface area contributed by atoms with Gasteiger partial charge < -0.3 is 40.1 Å². The zero-order chi connectivity index (χ0) is 17.9. The van der Waals surface area contributed by atoms with Crippen molar-refractivity contribution < 1.29 is 44.9 Å². The van der Waals surface area contributed by atoms with Crippen molar-refractivity contribution in [1.29, 1.82) is 0 Å². The third-order valence-electron chi connectivity index (χ3n) is 3.50. The minimum atomic E-state index is -1.72. The van der Waals surface area contributed by atoms with Crippen molar-refractivity contribution in [1.82, 2.24) is 0 Å². The summed E-state index contributed by atoms with van der Waals surface area (Å²) in [5, 5.41) is 56.7. The van der Waals surface area contributed by atoms with Gasteiger partial charge in [0.25, 0.3) is 0 Å². The predicted octanol–water partition coefficient (Wildman–Crippen LogP) is -1.55. The maximum atomic E-state index is 11.8. The molecule has 1 saturated heterocycles. The van der Waals surface area contributed by atoms with Gasteiger partial charge in [-0.25, -0.2) is 4.79 Å². The van der Waals surface area contributed by atoms with Gasteiger partial charge in [-0.05, 0) is 23.8 Å². The average Bonchev–Trinajstić information content (AvgIpc) is 2.56. The Labute approximate surface area is 136 Å². The maximum absolute atomic E-state index is 11.8. The monoisotopic (exact) mass is 342 g/mol. The van der Waals surface area contributed by atoms with Crippen LogP contribution in [0.2, 0.25) is 0 Å². The van der Waals surface area contributed by atoms with Gasteiger partial charge in [0.15, 0.2) is 23.9 Å². The SMILES string of the molecule is O=C(C=Cc1ccc(O)c(O)c1)OC1C(O)C(O)OC(CO)C1O. The zero-order valence-electron chi connectivity index (χ0n) is 12.4. The number of aliphatic hydroxyl groups excluding tert-OH is 4. The third kappa shape index (κ3) is 4.02. The molecule has 0 bridgehead atoms. The van der Waals surface area contributed by atoms with Gasteiger partial charge in [-0.2, -0.15) is 0 Å². The van der Waals surface area contributed by atoms with E-state index in [1.807, 2.05) is 0 Å². The maximum Gasteiger partial charge on any atom is 0.331 e. The van der Waals surface area contributed by atoms with Crippen molar-refractivity contribution in [3.8, 4) is 11.5 Å². The third-order valence-corrected chi connectivity index (χ3v) is 3.50. The fourth-order valence-electron chi connectivity index (χ4n) is 2.19. The number of carbonyl (C=O) groups excluding carboxylic acids is 1. The first-order valence-electron chi connectivity index (χ1n) is 7.04. The van der Waals surface area contributed by atoms with Crippen LogP contribution in [0.5, 0.6) is 11.5 Å². The Kier molecular flexibility index (Phi) is 5.75. The van der Waals surface area contributed by atoms with Gasteiger partial charge in [-0.1, -0.05) is 6.07 Å². The van der Waals surface area contributed by atoms with E-state index in [2.05, 4.69) is 0 Å². The Morgan fingerprint density at radius 1 is 1.17 bits per heavy atom. The molecule has 0 spiro atoms. The van der Waals surface area contributed by atoms with Gasteiger partial charge in [0, 0.05) is 6.08 Å². The van der Waals surface area contributed by atoms with Crippen LogP contribution in [0, 0.1) is 0 Å². The van der Waals surface area contributed by atoms with E-state index in [9.17, 15) is 30.3 Å². The molecule has 132 valence electrons. The molecule has 5 unspecified atom stereocenters. The summed E-state index contributed by atoms with van der Waals surface area (Å²) in [5.74, 6) is -1.61. The number of ether oxygens (including phenoxy) is 2. The Morgan fingerprint density at radius 3 is 2.50 bits per heavy atom. The number of esters is 1. The number of aliphatic hydroxyl groups is 4. The number of hydrogen-bond acceptors (Lipinski definition) is 9. The lowest BCUT2D eigenvalue weighted by Gasteiger charge is -2.39. The number of benzene rings is 1. The second kappa shape index (κ2) is 7.60. The molecular weight excluding hydrogens is 324 g/mol. The van der Waals surface area contributed by atoms with E-state index in [0.29, 0.717) is 5.56 Å². The lowest BCUT2D eigenvalue weighted by atomic mass is 9.99. The molecule has 1 aliphatic heterocycles. The summed E-state index contributed by atoms with van der Waals surface area (Å²) in [6, 6.07) is 3.87. The van der Waals surface area contributed by atoms with E-state index in [0.717, 1.165) is 6.08 Å². The van der Waals surface area contributed by atoms with Gasteiger partial charge in [0.1, 0.15) is 18.3 Å². The quantitative estimate of drug-likeness (QED) is 0.217. The van der Waals surface area contributed by atoms with E-state index < -0.39 is 43.3 Å². The van der Waals surface area contributed by atoms with Crippen LogP contribution in [0.1, 0.15) is 5.56 Å². The van der Waals surface area contributed by atoms with Crippen LogP contribution < -0.4 is 0 Å². The van der Waals surface area contributed by atoms with E-state index >= 15 is 0 Å².